The second-order valence-corrected chi connectivity index (χ2v) is 3.83. The van der Waals surface area contributed by atoms with Gasteiger partial charge in [-0.25, -0.2) is 0 Å². The van der Waals surface area contributed by atoms with Crippen LogP contribution in [0.25, 0.3) is 0 Å². The van der Waals surface area contributed by atoms with E-state index in [0.29, 0.717) is 11.3 Å². The third-order valence-electron chi connectivity index (χ3n) is 2.39. The van der Waals surface area contributed by atoms with Gasteiger partial charge >= 0.3 is 5.97 Å². The zero-order chi connectivity index (χ0) is 13.7. The molecule has 0 radical (unpaired) electrons. The van der Waals surface area contributed by atoms with E-state index in [0.717, 1.165) is 0 Å². The molecule has 0 aliphatic rings. The lowest BCUT2D eigenvalue weighted by atomic mass is 10.3. The Labute approximate surface area is 108 Å². The first-order chi connectivity index (χ1) is 9.15. The molecule has 0 aliphatic carbocycles. The van der Waals surface area contributed by atoms with E-state index >= 15 is 0 Å². The van der Waals surface area contributed by atoms with Crippen molar-refractivity contribution in [3.8, 4) is 0 Å². The van der Waals surface area contributed by atoms with Crippen LogP contribution in [-0.4, -0.2) is 31.7 Å². The first-order valence-electron chi connectivity index (χ1n) is 5.61. The van der Waals surface area contributed by atoms with Crippen LogP contribution in [-0.2, 0) is 11.3 Å². The second kappa shape index (κ2) is 5.76. The van der Waals surface area contributed by atoms with Crippen molar-refractivity contribution in [3.05, 3.63) is 42.5 Å². The Hall–Kier alpha value is -2.70. The average Bonchev–Trinajstić information content (AvgIpc) is 2.86. The Morgan fingerprint density at radius 3 is 2.74 bits per heavy atom. The summed E-state index contributed by atoms with van der Waals surface area (Å²) in [5, 5.41) is 15.2. The fourth-order valence-electron chi connectivity index (χ4n) is 1.45. The molecule has 1 amide bonds. The highest BCUT2D eigenvalue weighted by Gasteiger charge is 2.09. The molecule has 7 heteroatoms. The van der Waals surface area contributed by atoms with Crippen LogP contribution in [0.1, 0.15) is 16.8 Å². The predicted molar refractivity (Wildman–Crippen MR) is 66.7 cm³/mol. The van der Waals surface area contributed by atoms with Gasteiger partial charge in [-0.3, -0.25) is 19.3 Å². The van der Waals surface area contributed by atoms with Gasteiger partial charge in [0.15, 0.2) is 0 Å². The summed E-state index contributed by atoms with van der Waals surface area (Å²) in [6, 6.07) is 3.35. The van der Waals surface area contributed by atoms with Gasteiger partial charge in [0.2, 0.25) is 0 Å². The number of carbonyl (C=O) groups excluding carboxylic acids is 1. The third-order valence-corrected chi connectivity index (χ3v) is 2.39. The van der Waals surface area contributed by atoms with Crippen LogP contribution in [0.4, 0.5) is 5.69 Å². The molecule has 7 nitrogen and oxygen atoms in total. The maximum atomic E-state index is 11.9. The van der Waals surface area contributed by atoms with E-state index in [9.17, 15) is 9.59 Å². The molecular formula is C12H12N4O3. The van der Waals surface area contributed by atoms with Gasteiger partial charge in [0, 0.05) is 24.3 Å². The number of carboxylic acid groups (broad SMARTS) is 1. The number of anilines is 1. The average molecular weight is 260 g/mol. The molecule has 0 bridgehead atoms. The maximum absolute atomic E-state index is 11.9. The molecule has 0 aliphatic heterocycles. The number of nitrogens with one attached hydrogen (secondary N) is 1. The highest BCUT2D eigenvalue weighted by molar-refractivity contribution is 6.03. The number of hydrogen-bond donors (Lipinski definition) is 2. The van der Waals surface area contributed by atoms with Gasteiger partial charge < -0.3 is 10.4 Å². The van der Waals surface area contributed by atoms with Crippen molar-refractivity contribution in [2.45, 2.75) is 13.0 Å². The first-order valence-corrected chi connectivity index (χ1v) is 5.61. The van der Waals surface area contributed by atoms with E-state index in [4.69, 9.17) is 5.11 Å². The first kappa shape index (κ1) is 12.7. The number of nitrogens with zero attached hydrogens (tertiary/aromatic N) is 3. The molecule has 2 aromatic rings. The van der Waals surface area contributed by atoms with Crippen LogP contribution < -0.4 is 5.32 Å². The quantitative estimate of drug-likeness (QED) is 0.836. The van der Waals surface area contributed by atoms with Crippen LogP contribution in [0, 0.1) is 0 Å². The number of aryl methyl sites for hydroxylation is 1. The van der Waals surface area contributed by atoms with Crippen LogP contribution in [0.2, 0.25) is 0 Å². The molecule has 0 aromatic carbocycles. The summed E-state index contributed by atoms with van der Waals surface area (Å²) in [6.45, 7) is 0.234. The van der Waals surface area contributed by atoms with Gasteiger partial charge in [0.25, 0.3) is 5.91 Å². The van der Waals surface area contributed by atoms with Gasteiger partial charge in [-0.05, 0) is 12.1 Å². The second-order valence-electron chi connectivity index (χ2n) is 3.83. The van der Waals surface area contributed by atoms with Crippen molar-refractivity contribution in [2.75, 3.05) is 5.32 Å². The molecule has 0 saturated heterocycles. The molecule has 0 fully saturated rings. The van der Waals surface area contributed by atoms with Gasteiger partial charge in [0.05, 0.1) is 24.7 Å². The van der Waals surface area contributed by atoms with Crippen LogP contribution >= 0.6 is 0 Å². The molecule has 19 heavy (non-hydrogen) atoms. The molecule has 0 saturated carbocycles. The molecule has 98 valence electrons. The highest BCUT2D eigenvalue weighted by atomic mass is 16.4. The maximum Gasteiger partial charge on any atom is 0.305 e. The fraction of sp³-hybridized carbons (Fsp3) is 0.167. The van der Waals surface area contributed by atoms with Crippen LogP contribution in [0.5, 0.6) is 0 Å². The molecule has 2 aromatic heterocycles. The SMILES string of the molecule is O=C(O)CCn1cc(C(=O)Nc2ccncc2)cn1. The van der Waals surface area contributed by atoms with Crippen molar-refractivity contribution in [2.24, 2.45) is 0 Å². The Morgan fingerprint density at radius 1 is 1.32 bits per heavy atom. The highest BCUT2D eigenvalue weighted by Crippen LogP contribution is 2.07. The lowest BCUT2D eigenvalue weighted by molar-refractivity contribution is -0.137. The minimum absolute atomic E-state index is 0.0346. The minimum atomic E-state index is -0.904. The van der Waals surface area contributed by atoms with Gasteiger partial charge in [-0.15, -0.1) is 0 Å². The van der Waals surface area contributed by atoms with Gasteiger partial charge in [0.1, 0.15) is 0 Å². The summed E-state index contributed by atoms with van der Waals surface area (Å²) in [7, 11) is 0. The van der Waals surface area contributed by atoms with E-state index in [1.54, 1.807) is 24.5 Å². The Kier molecular flexibility index (Phi) is 3.87. The molecular weight excluding hydrogens is 248 g/mol. The number of carbonyl (C=O) groups is 2. The van der Waals surface area contributed by atoms with Crippen LogP contribution in [0.15, 0.2) is 36.9 Å². The van der Waals surface area contributed by atoms with Crippen LogP contribution in [0.3, 0.4) is 0 Å². The summed E-state index contributed by atoms with van der Waals surface area (Å²) in [5.74, 6) is -1.20. The lowest BCUT2D eigenvalue weighted by Gasteiger charge is -2.01. The number of aliphatic carboxylic acids is 1. The lowest BCUT2D eigenvalue weighted by Crippen LogP contribution is -2.11. The largest absolute Gasteiger partial charge is 0.481 e. The smallest absolute Gasteiger partial charge is 0.305 e. The van der Waals surface area contributed by atoms with E-state index < -0.39 is 5.97 Å². The van der Waals surface area contributed by atoms with Gasteiger partial charge in [-0.1, -0.05) is 0 Å². The van der Waals surface area contributed by atoms with E-state index in [1.807, 2.05) is 0 Å². The standard InChI is InChI=1S/C12H12N4O3/c17-11(18)3-6-16-8-9(7-14-16)12(19)15-10-1-4-13-5-2-10/h1-2,4-5,7-8H,3,6H2,(H,17,18)(H,13,15,19). The van der Waals surface area contributed by atoms with Crippen molar-refractivity contribution >= 4 is 17.6 Å². The van der Waals surface area contributed by atoms with E-state index in [2.05, 4.69) is 15.4 Å². The topological polar surface area (TPSA) is 97.1 Å². The van der Waals surface area contributed by atoms with Gasteiger partial charge in [-0.2, -0.15) is 5.10 Å². The molecule has 0 atom stereocenters. The Bertz CT molecular complexity index is 580. The monoisotopic (exact) mass is 260 g/mol. The number of pyridine rings is 1. The fourth-order valence-corrected chi connectivity index (χ4v) is 1.45. The molecule has 0 unspecified atom stereocenters. The molecule has 2 N–H and O–H groups in total. The number of carboxylic acids is 1. The zero-order valence-electron chi connectivity index (χ0n) is 9.98. The molecule has 2 rings (SSSR count). The Balaban J connectivity index is 1.98. The summed E-state index contributed by atoms with van der Waals surface area (Å²) in [4.78, 5) is 26.1. The summed E-state index contributed by atoms with van der Waals surface area (Å²) in [5.41, 5.74) is 1.01. The van der Waals surface area contributed by atoms with Crippen molar-refractivity contribution in [1.29, 1.82) is 0 Å². The number of rotatable bonds is 5. The summed E-state index contributed by atoms with van der Waals surface area (Å²) < 4.78 is 1.43. The zero-order valence-corrected chi connectivity index (χ0v) is 9.98. The molecule has 0 spiro atoms. The van der Waals surface area contributed by atoms with Crippen molar-refractivity contribution in [3.63, 3.8) is 0 Å². The number of amides is 1. The van der Waals surface area contributed by atoms with Crippen molar-refractivity contribution in [1.82, 2.24) is 14.8 Å². The summed E-state index contributed by atoms with van der Waals surface area (Å²) >= 11 is 0. The minimum Gasteiger partial charge on any atom is -0.481 e. The molecule has 2 heterocycles. The number of hydrogen-bond acceptors (Lipinski definition) is 4. The predicted octanol–water partition coefficient (Wildman–Crippen LogP) is 1.01. The normalized spacial score (nSPS) is 10.1. The van der Waals surface area contributed by atoms with Crippen molar-refractivity contribution < 1.29 is 14.7 Å². The third kappa shape index (κ3) is 3.63. The Morgan fingerprint density at radius 2 is 2.05 bits per heavy atom. The van der Waals surface area contributed by atoms with E-state index in [-0.39, 0.29) is 18.9 Å². The van der Waals surface area contributed by atoms with E-state index in [1.165, 1.54) is 17.1 Å². The summed E-state index contributed by atoms with van der Waals surface area (Å²) in [6.07, 6.45) is 6.03. The number of aromatic nitrogens is 3.